The molecule has 0 bridgehead atoms. The van der Waals surface area contributed by atoms with Crippen molar-refractivity contribution in [2.45, 2.75) is 45.8 Å². The van der Waals surface area contributed by atoms with Crippen LogP contribution in [0.2, 0.25) is 0 Å². The van der Waals surface area contributed by atoms with E-state index in [2.05, 4.69) is 19.2 Å². The van der Waals surface area contributed by atoms with Gasteiger partial charge in [-0.3, -0.25) is 4.79 Å². The van der Waals surface area contributed by atoms with Gasteiger partial charge in [0.2, 0.25) is 0 Å². The highest BCUT2D eigenvalue weighted by Crippen LogP contribution is 2.13. The van der Waals surface area contributed by atoms with E-state index in [0.717, 1.165) is 24.0 Å². The SMILES string of the molecule is CCC(CC)C(O)CNCc1ccccc1CC(=O)OC. The van der Waals surface area contributed by atoms with Crippen molar-refractivity contribution >= 4 is 5.97 Å². The summed E-state index contributed by atoms with van der Waals surface area (Å²) in [4.78, 5) is 11.4. The number of benzene rings is 1. The lowest BCUT2D eigenvalue weighted by Gasteiger charge is -2.20. The minimum Gasteiger partial charge on any atom is -0.469 e. The lowest BCUT2D eigenvalue weighted by Crippen LogP contribution is -2.32. The van der Waals surface area contributed by atoms with E-state index in [1.165, 1.54) is 7.11 Å². The van der Waals surface area contributed by atoms with Gasteiger partial charge in [0, 0.05) is 13.1 Å². The number of aliphatic hydroxyl groups excluding tert-OH is 1. The molecule has 0 aromatic heterocycles. The number of hydrogen-bond donors (Lipinski definition) is 2. The van der Waals surface area contributed by atoms with E-state index in [0.29, 0.717) is 19.0 Å². The average molecular weight is 293 g/mol. The van der Waals surface area contributed by atoms with E-state index in [-0.39, 0.29) is 18.5 Å². The molecule has 0 aliphatic carbocycles. The number of esters is 1. The van der Waals surface area contributed by atoms with Crippen LogP contribution in [-0.2, 0) is 22.5 Å². The average Bonchev–Trinajstić information content (AvgIpc) is 2.50. The summed E-state index contributed by atoms with van der Waals surface area (Å²) in [6.07, 6.45) is 1.92. The first-order valence-corrected chi connectivity index (χ1v) is 7.64. The Balaban J connectivity index is 2.53. The van der Waals surface area contributed by atoms with E-state index in [9.17, 15) is 9.90 Å². The van der Waals surface area contributed by atoms with Gasteiger partial charge in [-0.2, -0.15) is 0 Å². The third-order valence-electron chi connectivity index (χ3n) is 3.94. The van der Waals surface area contributed by atoms with Crippen molar-refractivity contribution in [3.63, 3.8) is 0 Å². The number of ether oxygens (including phenoxy) is 1. The fourth-order valence-electron chi connectivity index (χ4n) is 2.48. The molecule has 0 aliphatic rings. The zero-order chi connectivity index (χ0) is 15.7. The quantitative estimate of drug-likeness (QED) is 0.686. The van der Waals surface area contributed by atoms with Crippen molar-refractivity contribution in [2.75, 3.05) is 13.7 Å². The summed E-state index contributed by atoms with van der Waals surface area (Å²) >= 11 is 0. The molecule has 1 rings (SSSR count). The van der Waals surface area contributed by atoms with Crippen molar-refractivity contribution in [3.8, 4) is 0 Å². The van der Waals surface area contributed by atoms with Crippen LogP contribution in [0.1, 0.15) is 37.8 Å². The highest BCUT2D eigenvalue weighted by molar-refractivity contribution is 5.72. The van der Waals surface area contributed by atoms with Crippen LogP contribution in [0.4, 0.5) is 0 Å². The molecule has 0 saturated heterocycles. The molecule has 1 aromatic carbocycles. The van der Waals surface area contributed by atoms with Gasteiger partial charge in [0.05, 0.1) is 19.6 Å². The van der Waals surface area contributed by atoms with Crippen molar-refractivity contribution in [1.29, 1.82) is 0 Å². The minimum atomic E-state index is -0.326. The van der Waals surface area contributed by atoms with Gasteiger partial charge in [0.1, 0.15) is 0 Å². The number of nitrogens with one attached hydrogen (secondary N) is 1. The minimum absolute atomic E-state index is 0.237. The molecule has 2 N–H and O–H groups in total. The molecular formula is C17H27NO3. The fourth-order valence-corrected chi connectivity index (χ4v) is 2.48. The summed E-state index contributed by atoms with van der Waals surface area (Å²) < 4.78 is 4.71. The Kier molecular flexibility index (Phi) is 8.01. The molecule has 0 spiro atoms. The lowest BCUT2D eigenvalue weighted by molar-refractivity contribution is -0.139. The van der Waals surface area contributed by atoms with Crippen LogP contribution in [0.25, 0.3) is 0 Å². The standard InChI is InChI=1S/C17H27NO3/c1-4-13(5-2)16(19)12-18-11-15-9-7-6-8-14(15)10-17(20)21-3/h6-9,13,16,18-19H,4-5,10-12H2,1-3H3. The van der Waals surface area contributed by atoms with E-state index in [1.54, 1.807) is 0 Å². The van der Waals surface area contributed by atoms with Gasteiger partial charge in [0.15, 0.2) is 0 Å². The summed E-state index contributed by atoms with van der Waals surface area (Å²) in [5, 5.41) is 13.4. The van der Waals surface area contributed by atoms with Gasteiger partial charge < -0.3 is 15.2 Å². The number of hydrogen-bond acceptors (Lipinski definition) is 4. The van der Waals surface area contributed by atoms with E-state index < -0.39 is 0 Å². The predicted molar refractivity (Wildman–Crippen MR) is 83.9 cm³/mol. The van der Waals surface area contributed by atoms with Crippen LogP contribution in [0, 0.1) is 5.92 Å². The number of aliphatic hydroxyl groups is 1. The molecular weight excluding hydrogens is 266 g/mol. The maximum absolute atomic E-state index is 11.4. The third-order valence-corrected chi connectivity index (χ3v) is 3.94. The van der Waals surface area contributed by atoms with Gasteiger partial charge in [0.25, 0.3) is 0 Å². The molecule has 4 nitrogen and oxygen atoms in total. The molecule has 118 valence electrons. The highest BCUT2D eigenvalue weighted by Gasteiger charge is 2.15. The Hall–Kier alpha value is -1.39. The van der Waals surface area contributed by atoms with E-state index in [4.69, 9.17) is 4.74 Å². The maximum Gasteiger partial charge on any atom is 0.309 e. The smallest absolute Gasteiger partial charge is 0.309 e. The molecule has 0 amide bonds. The van der Waals surface area contributed by atoms with E-state index in [1.807, 2.05) is 24.3 Å². The molecule has 1 atom stereocenters. The number of carbonyl (C=O) groups is 1. The fraction of sp³-hybridized carbons (Fsp3) is 0.588. The van der Waals surface area contributed by atoms with Crippen LogP contribution in [0.5, 0.6) is 0 Å². The molecule has 0 saturated carbocycles. The maximum atomic E-state index is 11.4. The Morgan fingerprint density at radius 3 is 2.43 bits per heavy atom. The van der Waals surface area contributed by atoms with Gasteiger partial charge in [-0.1, -0.05) is 51.0 Å². The monoisotopic (exact) mass is 293 g/mol. The zero-order valence-corrected chi connectivity index (χ0v) is 13.3. The summed E-state index contributed by atoms with van der Waals surface area (Å²) in [6.45, 7) is 5.41. The second kappa shape index (κ2) is 9.53. The Labute approximate surface area is 127 Å². The van der Waals surface area contributed by atoms with Gasteiger partial charge in [-0.15, -0.1) is 0 Å². The normalized spacial score (nSPS) is 12.4. The van der Waals surface area contributed by atoms with Crippen molar-refractivity contribution in [1.82, 2.24) is 5.32 Å². The molecule has 0 aliphatic heterocycles. The topological polar surface area (TPSA) is 58.6 Å². The van der Waals surface area contributed by atoms with Crippen molar-refractivity contribution in [3.05, 3.63) is 35.4 Å². The molecule has 4 heteroatoms. The molecule has 0 radical (unpaired) electrons. The van der Waals surface area contributed by atoms with Gasteiger partial charge >= 0.3 is 5.97 Å². The lowest BCUT2D eigenvalue weighted by atomic mass is 9.96. The zero-order valence-electron chi connectivity index (χ0n) is 13.3. The van der Waals surface area contributed by atoms with Gasteiger partial charge in [-0.05, 0) is 17.0 Å². The second-order valence-corrected chi connectivity index (χ2v) is 5.30. The summed E-state index contributed by atoms with van der Waals surface area (Å²) in [6, 6.07) is 7.80. The number of carbonyl (C=O) groups excluding carboxylic acids is 1. The molecule has 0 fully saturated rings. The summed E-state index contributed by atoms with van der Waals surface area (Å²) in [5.74, 6) is 0.0994. The molecule has 0 heterocycles. The van der Waals surface area contributed by atoms with Crippen LogP contribution in [-0.4, -0.2) is 30.8 Å². The Bertz CT molecular complexity index is 430. The third kappa shape index (κ3) is 5.86. The molecule has 1 unspecified atom stereocenters. The van der Waals surface area contributed by atoms with Crippen molar-refractivity contribution in [2.24, 2.45) is 5.92 Å². The van der Waals surface area contributed by atoms with Crippen LogP contribution >= 0.6 is 0 Å². The van der Waals surface area contributed by atoms with Crippen LogP contribution in [0.15, 0.2) is 24.3 Å². The van der Waals surface area contributed by atoms with Gasteiger partial charge in [-0.25, -0.2) is 0 Å². The molecule has 21 heavy (non-hydrogen) atoms. The first-order valence-electron chi connectivity index (χ1n) is 7.64. The van der Waals surface area contributed by atoms with Crippen LogP contribution < -0.4 is 5.32 Å². The van der Waals surface area contributed by atoms with Crippen LogP contribution in [0.3, 0.4) is 0 Å². The summed E-state index contributed by atoms with van der Waals surface area (Å²) in [5.41, 5.74) is 2.04. The molecule has 1 aromatic rings. The Morgan fingerprint density at radius 1 is 1.24 bits per heavy atom. The number of rotatable bonds is 9. The Morgan fingerprint density at radius 2 is 1.86 bits per heavy atom. The largest absolute Gasteiger partial charge is 0.469 e. The van der Waals surface area contributed by atoms with Crippen molar-refractivity contribution < 1.29 is 14.6 Å². The first kappa shape index (κ1) is 17.7. The highest BCUT2D eigenvalue weighted by atomic mass is 16.5. The predicted octanol–water partition coefficient (Wildman–Crippen LogP) is 2.29. The number of methoxy groups -OCH3 is 1. The summed E-state index contributed by atoms with van der Waals surface area (Å²) in [7, 11) is 1.40. The second-order valence-electron chi connectivity index (χ2n) is 5.30. The first-order chi connectivity index (χ1) is 10.1. The van der Waals surface area contributed by atoms with E-state index >= 15 is 0 Å².